The van der Waals surface area contributed by atoms with Gasteiger partial charge in [0.1, 0.15) is 11.6 Å². The van der Waals surface area contributed by atoms with Crippen molar-refractivity contribution in [3.05, 3.63) is 59.5 Å². The molecule has 0 saturated carbocycles. The van der Waals surface area contributed by atoms with Crippen molar-refractivity contribution in [1.29, 1.82) is 0 Å². The lowest BCUT2D eigenvalue weighted by atomic mass is 9.74. The number of halogens is 1. The average molecular weight is 383 g/mol. The third-order valence-corrected chi connectivity index (χ3v) is 5.89. The Morgan fingerprint density at radius 1 is 1.18 bits per heavy atom. The smallest absolute Gasteiger partial charge is 0.254 e. The van der Waals surface area contributed by atoms with Gasteiger partial charge in [0.2, 0.25) is 0 Å². The number of carbonyl (C=O) groups excluding carboxylic acids is 1. The second-order valence-corrected chi connectivity index (χ2v) is 7.69. The molecule has 3 heterocycles. The molecule has 2 aliphatic rings. The Balaban J connectivity index is 1.51. The first-order valence-electron chi connectivity index (χ1n) is 9.99. The van der Waals surface area contributed by atoms with Crippen molar-refractivity contribution in [2.24, 2.45) is 0 Å². The molecule has 6 heteroatoms. The summed E-state index contributed by atoms with van der Waals surface area (Å²) in [6.07, 6.45) is 5.44. The fraction of sp³-hybridized carbons (Fsp3) is 0.455. The fourth-order valence-electron chi connectivity index (χ4n) is 4.17. The molecule has 1 N–H and O–H groups in total. The van der Waals surface area contributed by atoms with Crippen molar-refractivity contribution in [3.63, 3.8) is 0 Å². The van der Waals surface area contributed by atoms with Crippen LogP contribution in [0, 0.1) is 5.82 Å². The molecule has 148 valence electrons. The molecule has 2 aliphatic heterocycles. The van der Waals surface area contributed by atoms with E-state index in [1.807, 2.05) is 17.0 Å². The van der Waals surface area contributed by atoms with Crippen LogP contribution in [0.3, 0.4) is 0 Å². The highest BCUT2D eigenvalue weighted by atomic mass is 19.1. The number of nitrogens with one attached hydrogen (secondary N) is 1. The van der Waals surface area contributed by atoms with Crippen molar-refractivity contribution in [2.45, 2.75) is 31.1 Å². The summed E-state index contributed by atoms with van der Waals surface area (Å²) in [5.74, 6) is 0.515. The topological polar surface area (TPSA) is 54.5 Å². The number of hydrogen-bond acceptors (Lipinski definition) is 4. The Kier molecular flexibility index (Phi) is 5.57. The number of anilines is 1. The maximum absolute atomic E-state index is 13.8. The van der Waals surface area contributed by atoms with Gasteiger partial charge in [-0.05, 0) is 55.5 Å². The number of aromatic nitrogens is 1. The molecule has 1 aromatic carbocycles. The number of amides is 1. The maximum Gasteiger partial charge on any atom is 0.254 e. The maximum atomic E-state index is 13.8. The minimum atomic E-state index is -0.223. The number of likely N-dealkylation sites (tertiary alicyclic amines) is 1. The van der Waals surface area contributed by atoms with Gasteiger partial charge in [-0.15, -0.1) is 0 Å². The summed E-state index contributed by atoms with van der Waals surface area (Å²) < 4.78 is 19.4. The molecule has 0 spiro atoms. The average Bonchev–Trinajstić information content (AvgIpc) is 3.28. The molecule has 4 rings (SSSR count). The molecule has 0 unspecified atom stereocenters. The second-order valence-electron chi connectivity index (χ2n) is 7.69. The Morgan fingerprint density at radius 2 is 1.96 bits per heavy atom. The second kappa shape index (κ2) is 8.27. The molecule has 2 saturated heterocycles. The highest BCUT2D eigenvalue weighted by Crippen LogP contribution is 2.35. The lowest BCUT2D eigenvalue weighted by Crippen LogP contribution is -2.40. The van der Waals surface area contributed by atoms with Gasteiger partial charge in [0.15, 0.2) is 0 Å². The number of ether oxygens (including phenoxy) is 1. The van der Waals surface area contributed by atoms with Gasteiger partial charge in [-0.2, -0.15) is 0 Å². The third-order valence-electron chi connectivity index (χ3n) is 5.89. The Labute approximate surface area is 164 Å². The van der Waals surface area contributed by atoms with E-state index in [4.69, 9.17) is 4.74 Å². The van der Waals surface area contributed by atoms with E-state index < -0.39 is 0 Å². The summed E-state index contributed by atoms with van der Waals surface area (Å²) in [6, 6.07) is 10.4. The summed E-state index contributed by atoms with van der Waals surface area (Å²) in [4.78, 5) is 18.9. The molecule has 0 bridgehead atoms. The Bertz CT molecular complexity index is 830. The molecule has 5 nitrogen and oxygen atoms in total. The van der Waals surface area contributed by atoms with Gasteiger partial charge in [0, 0.05) is 50.0 Å². The first-order chi connectivity index (χ1) is 13.7. The first-order valence-corrected chi connectivity index (χ1v) is 9.99. The quantitative estimate of drug-likeness (QED) is 0.857. The van der Waals surface area contributed by atoms with E-state index in [9.17, 15) is 9.18 Å². The van der Waals surface area contributed by atoms with Crippen LogP contribution in [0.25, 0.3) is 0 Å². The van der Waals surface area contributed by atoms with E-state index in [1.54, 1.807) is 24.4 Å². The molecule has 28 heavy (non-hydrogen) atoms. The van der Waals surface area contributed by atoms with Gasteiger partial charge in [-0.3, -0.25) is 4.79 Å². The molecule has 1 aromatic heterocycles. The van der Waals surface area contributed by atoms with Gasteiger partial charge in [-0.25, -0.2) is 9.37 Å². The van der Waals surface area contributed by atoms with Crippen LogP contribution >= 0.6 is 0 Å². The van der Waals surface area contributed by atoms with Gasteiger partial charge in [0.25, 0.3) is 5.91 Å². The molecular formula is C22H26FN3O2. The summed E-state index contributed by atoms with van der Waals surface area (Å²) in [5, 5.41) is 3.40. The lowest BCUT2D eigenvalue weighted by Gasteiger charge is -2.38. The van der Waals surface area contributed by atoms with Gasteiger partial charge in [-0.1, -0.05) is 12.1 Å². The predicted octanol–water partition coefficient (Wildman–Crippen LogP) is 3.62. The van der Waals surface area contributed by atoms with Crippen LogP contribution in [-0.4, -0.2) is 48.6 Å². The summed E-state index contributed by atoms with van der Waals surface area (Å²) >= 11 is 0. The lowest BCUT2D eigenvalue weighted by molar-refractivity contribution is 0.0542. The van der Waals surface area contributed by atoms with E-state index >= 15 is 0 Å². The molecule has 2 aromatic rings. The normalized spacial score (nSPS) is 18.8. The van der Waals surface area contributed by atoms with Crippen molar-refractivity contribution in [2.75, 3.05) is 38.2 Å². The summed E-state index contributed by atoms with van der Waals surface area (Å²) in [6.45, 7) is 3.57. The standard InChI is InChI=1S/C22H26FN3O2/c23-19-5-3-4-18(15-19)22(7-12-28-13-8-22)16-25-20-14-17(6-9-24-20)21(27)26-10-1-2-11-26/h3-6,9,14-15H,1-2,7-8,10-13,16H2,(H,24,25). The van der Waals surface area contributed by atoms with Crippen LogP contribution in [0.1, 0.15) is 41.6 Å². The summed E-state index contributed by atoms with van der Waals surface area (Å²) in [5.41, 5.74) is 1.43. The highest BCUT2D eigenvalue weighted by Gasteiger charge is 2.34. The zero-order chi connectivity index (χ0) is 19.4. The minimum absolute atomic E-state index is 0.0638. The van der Waals surface area contributed by atoms with E-state index in [2.05, 4.69) is 10.3 Å². The van der Waals surface area contributed by atoms with E-state index in [-0.39, 0.29) is 17.1 Å². The zero-order valence-corrected chi connectivity index (χ0v) is 16.0. The number of carbonyl (C=O) groups is 1. The number of nitrogens with zero attached hydrogens (tertiary/aromatic N) is 2. The van der Waals surface area contributed by atoms with Gasteiger partial charge >= 0.3 is 0 Å². The third kappa shape index (κ3) is 4.02. The van der Waals surface area contributed by atoms with E-state index in [1.165, 1.54) is 6.07 Å². The fourth-order valence-corrected chi connectivity index (χ4v) is 4.17. The first kappa shape index (κ1) is 18.9. The number of pyridine rings is 1. The van der Waals surface area contributed by atoms with Crippen LogP contribution in [-0.2, 0) is 10.2 Å². The number of rotatable bonds is 5. The predicted molar refractivity (Wildman–Crippen MR) is 106 cm³/mol. The van der Waals surface area contributed by atoms with Crippen molar-refractivity contribution < 1.29 is 13.9 Å². The molecule has 1 amide bonds. The van der Waals surface area contributed by atoms with Crippen LogP contribution in [0.5, 0.6) is 0 Å². The molecule has 0 radical (unpaired) electrons. The van der Waals surface area contributed by atoms with E-state index in [0.29, 0.717) is 31.1 Å². The van der Waals surface area contributed by atoms with Crippen LogP contribution in [0.4, 0.5) is 10.2 Å². The van der Waals surface area contributed by atoms with Crippen molar-refractivity contribution >= 4 is 11.7 Å². The van der Waals surface area contributed by atoms with Gasteiger partial charge < -0.3 is 15.0 Å². The molecular weight excluding hydrogens is 357 g/mol. The van der Waals surface area contributed by atoms with Gasteiger partial charge in [0.05, 0.1) is 0 Å². The Morgan fingerprint density at radius 3 is 2.71 bits per heavy atom. The zero-order valence-electron chi connectivity index (χ0n) is 16.0. The molecule has 0 aliphatic carbocycles. The minimum Gasteiger partial charge on any atom is -0.381 e. The van der Waals surface area contributed by atoms with Crippen molar-refractivity contribution in [1.82, 2.24) is 9.88 Å². The van der Waals surface area contributed by atoms with Crippen LogP contribution < -0.4 is 5.32 Å². The van der Waals surface area contributed by atoms with E-state index in [0.717, 1.165) is 44.3 Å². The number of hydrogen-bond donors (Lipinski definition) is 1. The monoisotopic (exact) mass is 383 g/mol. The highest BCUT2D eigenvalue weighted by molar-refractivity contribution is 5.95. The largest absolute Gasteiger partial charge is 0.381 e. The Hall–Kier alpha value is -2.47. The van der Waals surface area contributed by atoms with Crippen LogP contribution in [0.2, 0.25) is 0 Å². The number of benzene rings is 1. The van der Waals surface area contributed by atoms with Crippen LogP contribution in [0.15, 0.2) is 42.6 Å². The van der Waals surface area contributed by atoms with Crippen molar-refractivity contribution in [3.8, 4) is 0 Å². The molecule has 0 atom stereocenters. The molecule has 2 fully saturated rings. The summed E-state index contributed by atoms with van der Waals surface area (Å²) in [7, 11) is 0. The SMILES string of the molecule is O=C(c1ccnc(NCC2(c3cccc(F)c3)CCOCC2)c1)N1CCCC1.